The number of nitrogens with zero attached hydrogens (tertiary/aromatic N) is 1. The van der Waals surface area contributed by atoms with Crippen molar-refractivity contribution in [1.29, 1.82) is 0 Å². The molecule has 72 valence electrons. The van der Waals surface area contributed by atoms with Gasteiger partial charge in [-0.1, -0.05) is 0 Å². The van der Waals surface area contributed by atoms with Crippen molar-refractivity contribution < 1.29 is 9.13 Å². The van der Waals surface area contributed by atoms with E-state index in [0.717, 1.165) is 18.7 Å². The van der Waals surface area contributed by atoms with Crippen LogP contribution >= 0.6 is 0 Å². The Morgan fingerprint density at radius 1 is 1.54 bits per heavy atom. The molecule has 0 saturated carbocycles. The molecule has 1 aromatic rings. The van der Waals surface area contributed by atoms with Crippen LogP contribution in [0.4, 0.5) is 4.39 Å². The van der Waals surface area contributed by atoms with Crippen LogP contribution in [0.5, 0.6) is 5.88 Å². The van der Waals surface area contributed by atoms with E-state index in [0.29, 0.717) is 0 Å². The first kappa shape index (κ1) is 9.92. The third-order valence-electron chi connectivity index (χ3n) is 1.70. The van der Waals surface area contributed by atoms with E-state index >= 15 is 0 Å². The monoisotopic (exact) mass is 184 g/mol. The molecule has 1 N–H and O–H groups in total. The molecule has 0 unspecified atom stereocenters. The van der Waals surface area contributed by atoms with Gasteiger partial charge in [0.2, 0.25) is 5.88 Å². The minimum atomic E-state index is -0.421. The number of halogens is 1. The lowest BCUT2D eigenvalue weighted by molar-refractivity contribution is 0.367. The molecule has 1 rings (SSSR count). The summed E-state index contributed by atoms with van der Waals surface area (Å²) in [6.07, 6.45) is 0.771. The fraction of sp³-hybridized carbons (Fsp3) is 0.444. The highest BCUT2D eigenvalue weighted by atomic mass is 19.1. The van der Waals surface area contributed by atoms with Crippen LogP contribution in [0.1, 0.15) is 5.69 Å². The Balaban J connectivity index is 2.74. The Hall–Kier alpha value is -1.16. The molecule has 0 aliphatic carbocycles. The summed E-state index contributed by atoms with van der Waals surface area (Å²) < 4.78 is 17.6. The molecular weight excluding hydrogens is 171 g/mol. The van der Waals surface area contributed by atoms with Gasteiger partial charge in [0.25, 0.3) is 0 Å². The average molecular weight is 184 g/mol. The van der Waals surface area contributed by atoms with Gasteiger partial charge < -0.3 is 10.1 Å². The van der Waals surface area contributed by atoms with Gasteiger partial charge in [0.15, 0.2) is 5.82 Å². The second-order valence-electron chi connectivity index (χ2n) is 2.65. The second kappa shape index (κ2) is 4.77. The molecule has 4 heteroatoms. The highest BCUT2D eigenvalue weighted by molar-refractivity contribution is 5.18. The van der Waals surface area contributed by atoms with Gasteiger partial charge >= 0.3 is 0 Å². The highest BCUT2D eigenvalue weighted by Gasteiger charge is 2.04. The lowest BCUT2D eigenvalue weighted by atomic mass is 10.2. The first-order valence-electron chi connectivity index (χ1n) is 4.12. The van der Waals surface area contributed by atoms with Crippen LogP contribution < -0.4 is 10.1 Å². The fourth-order valence-electron chi connectivity index (χ4n) is 0.997. The van der Waals surface area contributed by atoms with E-state index in [-0.39, 0.29) is 5.88 Å². The number of hydrogen-bond acceptors (Lipinski definition) is 3. The van der Waals surface area contributed by atoms with E-state index in [2.05, 4.69) is 10.3 Å². The molecule has 1 aromatic heterocycles. The number of methoxy groups -OCH3 is 1. The first-order valence-corrected chi connectivity index (χ1v) is 4.12. The van der Waals surface area contributed by atoms with Gasteiger partial charge in [-0.3, -0.25) is 0 Å². The quantitative estimate of drug-likeness (QED) is 0.757. The Morgan fingerprint density at radius 3 is 2.92 bits per heavy atom. The van der Waals surface area contributed by atoms with Crippen molar-refractivity contribution in [2.45, 2.75) is 6.42 Å². The summed E-state index contributed by atoms with van der Waals surface area (Å²) in [6, 6.07) is 3.03. The fourth-order valence-corrected chi connectivity index (χ4v) is 0.997. The summed E-state index contributed by atoms with van der Waals surface area (Å²) in [4.78, 5) is 3.99. The topological polar surface area (TPSA) is 34.1 Å². The molecule has 0 amide bonds. The lowest BCUT2D eigenvalue weighted by Crippen LogP contribution is -2.11. The van der Waals surface area contributed by atoms with E-state index in [1.54, 1.807) is 6.07 Å². The van der Waals surface area contributed by atoms with Crippen molar-refractivity contribution in [3.63, 3.8) is 0 Å². The van der Waals surface area contributed by atoms with Crippen LogP contribution in [0.3, 0.4) is 0 Å². The summed E-state index contributed by atoms with van der Waals surface area (Å²) in [6.45, 7) is 0.821. The molecule has 3 nitrogen and oxygen atoms in total. The Bertz CT molecular complexity index is 278. The smallest absolute Gasteiger partial charge is 0.250 e. The van der Waals surface area contributed by atoms with Crippen LogP contribution in [0.15, 0.2) is 12.1 Å². The third-order valence-corrected chi connectivity index (χ3v) is 1.70. The maximum absolute atomic E-state index is 12.9. The van der Waals surface area contributed by atoms with Gasteiger partial charge in [-0.15, -0.1) is 0 Å². The van der Waals surface area contributed by atoms with E-state index in [4.69, 9.17) is 4.74 Å². The third kappa shape index (κ3) is 2.66. The number of rotatable bonds is 4. The minimum Gasteiger partial charge on any atom is -0.479 e. The molecule has 0 fully saturated rings. The van der Waals surface area contributed by atoms with Gasteiger partial charge in [-0.25, -0.2) is 9.37 Å². The molecule has 0 aliphatic heterocycles. The summed E-state index contributed by atoms with van der Waals surface area (Å²) >= 11 is 0. The number of aromatic nitrogens is 1. The molecule has 0 bridgehead atoms. The van der Waals surface area contributed by atoms with Crippen molar-refractivity contribution in [2.75, 3.05) is 20.7 Å². The van der Waals surface area contributed by atoms with E-state index in [1.165, 1.54) is 13.2 Å². The summed E-state index contributed by atoms with van der Waals surface area (Å²) in [5, 5.41) is 2.99. The van der Waals surface area contributed by atoms with Crippen LogP contribution in [0.25, 0.3) is 0 Å². The molecule has 13 heavy (non-hydrogen) atoms. The number of nitrogens with one attached hydrogen (secondary N) is 1. The molecular formula is C9H13FN2O. The summed E-state index contributed by atoms with van der Waals surface area (Å²) in [5.41, 5.74) is 0.826. The maximum Gasteiger partial charge on any atom is 0.250 e. The van der Waals surface area contributed by atoms with Crippen molar-refractivity contribution in [3.05, 3.63) is 23.6 Å². The minimum absolute atomic E-state index is 0.0635. The first-order chi connectivity index (χ1) is 6.27. The normalized spacial score (nSPS) is 10.1. The predicted molar refractivity (Wildman–Crippen MR) is 48.4 cm³/mol. The zero-order chi connectivity index (χ0) is 9.68. The Labute approximate surface area is 76.9 Å². The van der Waals surface area contributed by atoms with E-state index in [9.17, 15) is 4.39 Å². The second-order valence-corrected chi connectivity index (χ2v) is 2.65. The largest absolute Gasteiger partial charge is 0.479 e. The Morgan fingerprint density at radius 2 is 2.31 bits per heavy atom. The van der Waals surface area contributed by atoms with Crippen LogP contribution in [-0.4, -0.2) is 25.7 Å². The summed E-state index contributed by atoms with van der Waals surface area (Å²) in [5.74, 6) is -0.357. The van der Waals surface area contributed by atoms with E-state index in [1.807, 2.05) is 7.05 Å². The SMILES string of the molecule is CNCCc1ccc(F)c(OC)n1. The van der Waals surface area contributed by atoms with Crippen LogP contribution in [0, 0.1) is 5.82 Å². The van der Waals surface area contributed by atoms with Crippen LogP contribution in [-0.2, 0) is 6.42 Å². The predicted octanol–water partition coefficient (Wildman–Crippen LogP) is 0.991. The average Bonchev–Trinajstić information content (AvgIpc) is 2.16. The standard InChI is InChI=1S/C9H13FN2O/c1-11-6-5-7-3-4-8(10)9(12-7)13-2/h3-4,11H,5-6H2,1-2H3. The number of likely N-dealkylation sites (N-methyl/N-ethyl adjacent to an activating group) is 1. The zero-order valence-electron chi connectivity index (χ0n) is 7.80. The van der Waals surface area contributed by atoms with Crippen molar-refractivity contribution >= 4 is 0 Å². The lowest BCUT2D eigenvalue weighted by Gasteiger charge is -2.03. The van der Waals surface area contributed by atoms with E-state index < -0.39 is 5.82 Å². The van der Waals surface area contributed by atoms with Crippen molar-refractivity contribution in [3.8, 4) is 5.88 Å². The number of ether oxygens (including phenoxy) is 1. The number of pyridine rings is 1. The zero-order valence-corrected chi connectivity index (χ0v) is 7.80. The van der Waals surface area contributed by atoms with Gasteiger partial charge in [0, 0.05) is 18.7 Å². The van der Waals surface area contributed by atoms with Gasteiger partial charge in [0.1, 0.15) is 0 Å². The van der Waals surface area contributed by atoms with Crippen molar-refractivity contribution in [2.24, 2.45) is 0 Å². The highest BCUT2D eigenvalue weighted by Crippen LogP contribution is 2.13. The molecule has 0 atom stereocenters. The Kier molecular flexibility index (Phi) is 3.64. The van der Waals surface area contributed by atoms with Crippen molar-refractivity contribution in [1.82, 2.24) is 10.3 Å². The van der Waals surface area contributed by atoms with Crippen LogP contribution in [0.2, 0.25) is 0 Å². The molecule has 0 saturated heterocycles. The molecule has 0 radical (unpaired) electrons. The van der Waals surface area contributed by atoms with Gasteiger partial charge in [-0.2, -0.15) is 0 Å². The molecule has 1 heterocycles. The molecule has 0 aliphatic rings. The molecule has 0 spiro atoms. The molecule has 0 aromatic carbocycles. The summed E-state index contributed by atoms with van der Waals surface area (Å²) in [7, 11) is 3.27. The number of hydrogen-bond donors (Lipinski definition) is 1. The maximum atomic E-state index is 12.9. The van der Waals surface area contributed by atoms with Gasteiger partial charge in [-0.05, 0) is 19.2 Å². The van der Waals surface area contributed by atoms with Gasteiger partial charge in [0.05, 0.1) is 7.11 Å².